The topological polar surface area (TPSA) is 58.4 Å². The number of nitrogens with two attached hydrogens (primary N) is 1. The lowest BCUT2D eigenvalue weighted by atomic mass is 10.1. The fourth-order valence-corrected chi connectivity index (χ4v) is 1.61. The van der Waals surface area contributed by atoms with Gasteiger partial charge in [-0.2, -0.15) is 0 Å². The molecule has 1 unspecified atom stereocenters. The molecule has 5 heteroatoms. The highest BCUT2D eigenvalue weighted by atomic mass is 32.1. The molecule has 100 valence electrons. The molecule has 3 N–H and O–H groups in total. The van der Waals surface area contributed by atoms with Gasteiger partial charge in [-0.15, -0.1) is 0 Å². The van der Waals surface area contributed by atoms with Crippen molar-refractivity contribution in [3.8, 4) is 0 Å². The lowest BCUT2D eigenvalue weighted by molar-refractivity contribution is -0.127. The first-order valence-corrected chi connectivity index (χ1v) is 6.42. The summed E-state index contributed by atoms with van der Waals surface area (Å²) in [6, 6.07) is -0.159. The molecule has 0 aliphatic heterocycles. The van der Waals surface area contributed by atoms with Crippen LogP contribution >= 0.6 is 12.2 Å². The van der Waals surface area contributed by atoms with Gasteiger partial charge in [-0.3, -0.25) is 9.69 Å². The summed E-state index contributed by atoms with van der Waals surface area (Å²) in [5, 5.41) is 2.98. The molecular formula is C12H25N3OS. The number of nitrogens with zero attached hydrogens (tertiary/aromatic N) is 1. The molecule has 0 aromatic carbocycles. The first kappa shape index (κ1) is 16.3. The zero-order chi connectivity index (χ0) is 13.6. The van der Waals surface area contributed by atoms with E-state index in [9.17, 15) is 4.79 Å². The van der Waals surface area contributed by atoms with Gasteiger partial charge in [0.2, 0.25) is 5.91 Å². The van der Waals surface area contributed by atoms with Crippen LogP contribution in [0.4, 0.5) is 0 Å². The van der Waals surface area contributed by atoms with Gasteiger partial charge >= 0.3 is 0 Å². The van der Waals surface area contributed by atoms with Crippen molar-refractivity contribution in [1.29, 1.82) is 0 Å². The molecule has 0 aromatic heterocycles. The Morgan fingerprint density at radius 2 is 2.00 bits per heavy atom. The first-order valence-electron chi connectivity index (χ1n) is 6.01. The number of hydrogen-bond donors (Lipinski definition) is 2. The molecule has 4 nitrogen and oxygen atoms in total. The highest BCUT2D eigenvalue weighted by molar-refractivity contribution is 7.80. The van der Waals surface area contributed by atoms with Crippen LogP contribution in [-0.4, -0.2) is 40.5 Å². The zero-order valence-corrected chi connectivity index (χ0v) is 12.4. The number of carbonyl (C=O) groups excluding carboxylic acids is 1. The Labute approximate surface area is 110 Å². The molecule has 0 heterocycles. The third-order valence-corrected chi connectivity index (χ3v) is 2.68. The van der Waals surface area contributed by atoms with Crippen LogP contribution in [0.2, 0.25) is 0 Å². The Morgan fingerprint density at radius 3 is 2.35 bits per heavy atom. The van der Waals surface area contributed by atoms with Crippen molar-refractivity contribution in [2.24, 2.45) is 5.73 Å². The molecule has 0 saturated carbocycles. The molecule has 0 rings (SSSR count). The van der Waals surface area contributed by atoms with Gasteiger partial charge in [0.1, 0.15) is 0 Å². The van der Waals surface area contributed by atoms with Gasteiger partial charge in [-0.25, -0.2) is 0 Å². The second-order valence-corrected chi connectivity index (χ2v) is 5.78. The molecule has 17 heavy (non-hydrogen) atoms. The van der Waals surface area contributed by atoms with E-state index in [1.165, 1.54) is 0 Å². The smallest absolute Gasteiger partial charge is 0.237 e. The molecule has 0 bridgehead atoms. The summed E-state index contributed by atoms with van der Waals surface area (Å²) in [4.78, 5) is 14.5. The van der Waals surface area contributed by atoms with E-state index >= 15 is 0 Å². The molecule has 0 aliphatic rings. The maximum absolute atomic E-state index is 12.0. The van der Waals surface area contributed by atoms with Crippen LogP contribution in [-0.2, 0) is 4.79 Å². The van der Waals surface area contributed by atoms with Gasteiger partial charge in [0.25, 0.3) is 0 Å². The zero-order valence-electron chi connectivity index (χ0n) is 11.5. The molecule has 0 aromatic rings. The second kappa shape index (κ2) is 6.91. The van der Waals surface area contributed by atoms with E-state index in [0.717, 1.165) is 13.1 Å². The molecule has 0 fully saturated rings. The predicted octanol–water partition coefficient (Wildman–Crippen LogP) is 1.29. The summed E-state index contributed by atoms with van der Waals surface area (Å²) < 4.78 is 0. The average molecular weight is 259 g/mol. The van der Waals surface area contributed by atoms with Gasteiger partial charge < -0.3 is 11.1 Å². The summed E-state index contributed by atoms with van der Waals surface area (Å²) in [7, 11) is 0. The van der Waals surface area contributed by atoms with Crippen molar-refractivity contribution in [3.05, 3.63) is 0 Å². The van der Waals surface area contributed by atoms with Gasteiger partial charge in [-0.1, -0.05) is 19.1 Å². The first-order chi connectivity index (χ1) is 7.67. The number of nitrogens with one attached hydrogen (secondary N) is 1. The molecule has 0 spiro atoms. The van der Waals surface area contributed by atoms with Crippen LogP contribution in [0.5, 0.6) is 0 Å². The Morgan fingerprint density at radius 1 is 1.47 bits per heavy atom. The number of thiocarbonyl (C=S) groups is 1. The maximum Gasteiger partial charge on any atom is 0.237 e. The third kappa shape index (κ3) is 7.28. The molecule has 0 saturated heterocycles. The van der Waals surface area contributed by atoms with E-state index in [0.29, 0.717) is 11.4 Å². The highest BCUT2D eigenvalue weighted by Gasteiger charge is 2.23. The SMILES string of the molecule is CCN(CCC(N)=S)C(C)C(=O)NC(C)(C)C. The minimum absolute atomic E-state index is 0.0438. The third-order valence-electron chi connectivity index (χ3n) is 2.48. The van der Waals surface area contributed by atoms with E-state index in [1.807, 2.05) is 34.6 Å². The van der Waals surface area contributed by atoms with Crippen molar-refractivity contribution in [1.82, 2.24) is 10.2 Å². The predicted molar refractivity (Wildman–Crippen MR) is 76.0 cm³/mol. The fraction of sp³-hybridized carbons (Fsp3) is 0.833. The molecule has 0 aliphatic carbocycles. The summed E-state index contributed by atoms with van der Waals surface area (Å²) in [6.07, 6.45) is 0.649. The minimum Gasteiger partial charge on any atom is -0.393 e. The van der Waals surface area contributed by atoms with E-state index in [4.69, 9.17) is 18.0 Å². The van der Waals surface area contributed by atoms with Crippen LogP contribution in [0, 0.1) is 0 Å². The summed E-state index contributed by atoms with van der Waals surface area (Å²) in [5.41, 5.74) is 5.28. The second-order valence-electron chi connectivity index (χ2n) is 5.26. The summed E-state index contributed by atoms with van der Waals surface area (Å²) >= 11 is 4.85. The van der Waals surface area contributed by atoms with Crippen LogP contribution in [0.25, 0.3) is 0 Å². The fourth-order valence-electron chi connectivity index (χ4n) is 1.52. The molecular weight excluding hydrogens is 234 g/mol. The van der Waals surface area contributed by atoms with E-state index in [2.05, 4.69) is 10.2 Å². The number of hydrogen-bond acceptors (Lipinski definition) is 3. The van der Waals surface area contributed by atoms with Gasteiger partial charge in [0, 0.05) is 18.5 Å². The van der Waals surface area contributed by atoms with Crippen molar-refractivity contribution >= 4 is 23.1 Å². The standard InChI is InChI=1S/C12H25N3OS/c1-6-15(8-7-10(13)17)9(2)11(16)14-12(3,4)5/h9H,6-8H2,1-5H3,(H2,13,17)(H,14,16). The van der Waals surface area contributed by atoms with Crippen LogP contribution in [0.1, 0.15) is 41.0 Å². The monoisotopic (exact) mass is 259 g/mol. The van der Waals surface area contributed by atoms with Crippen LogP contribution in [0.15, 0.2) is 0 Å². The minimum atomic E-state index is -0.200. The number of amides is 1. The normalized spacial score (nSPS) is 13.5. The van der Waals surface area contributed by atoms with Gasteiger partial charge in [0.15, 0.2) is 0 Å². The largest absolute Gasteiger partial charge is 0.393 e. The van der Waals surface area contributed by atoms with Gasteiger partial charge in [-0.05, 0) is 34.2 Å². The Bertz CT molecular complexity index is 273. The van der Waals surface area contributed by atoms with Crippen molar-refractivity contribution < 1.29 is 4.79 Å². The molecule has 1 amide bonds. The van der Waals surface area contributed by atoms with Crippen LogP contribution < -0.4 is 11.1 Å². The quantitative estimate of drug-likeness (QED) is 0.706. The number of carbonyl (C=O) groups is 1. The van der Waals surface area contributed by atoms with Crippen molar-refractivity contribution in [2.75, 3.05) is 13.1 Å². The Kier molecular flexibility index (Phi) is 6.64. The van der Waals surface area contributed by atoms with Crippen molar-refractivity contribution in [2.45, 2.75) is 52.6 Å². The molecule has 0 radical (unpaired) electrons. The van der Waals surface area contributed by atoms with Crippen molar-refractivity contribution in [3.63, 3.8) is 0 Å². The van der Waals surface area contributed by atoms with E-state index in [1.54, 1.807) is 0 Å². The average Bonchev–Trinajstić information content (AvgIpc) is 2.15. The maximum atomic E-state index is 12.0. The van der Waals surface area contributed by atoms with Gasteiger partial charge in [0.05, 0.1) is 11.0 Å². The molecule has 1 atom stereocenters. The lowest BCUT2D eigenvalue weighted by Crippen LogP contribution is -2.51. The number of rotatable bonds is 6. The summed E-state index contributed by atoms with van der Waals surface area (Å²) in [5.74, 6) is 0.0438. The Hall–Kier alpha value is -0.680. The lowest BCUT2D eigenvalue weighted by Gasteiger charge is -2.30. The Balaban J connectivity index is 4.37. The van der Waals surface area contributed by atoms with E-state index in [-0.39, 0.29) is 17.5 Å². The highest BCUT2D eigenvalue weighted by Crippen LogP contribution is 2.05. The summed E-state index contributed by atoms with van der Waals surface area (Å²) in [6.45, 7) is 11.4. The number of likely N-dealkylation sites (N-methyl/N-ethyl adjacent to an activating group) is 1. The van der Waals surface area contributed by atoms with E-state index < -0.39 is 0 Å². The van der Waals surface area contributed by atoms with Crippen LogP contribution in [0.3, 0.4) is 0 Å².